The molecule has 25 heavy (non-hydrogen) atoms. The van der Waals surface area contributed by atoms with Crippen LogP contribution in [0.2, 0.25) is 0 Å². The lowest BCUT2D eigenvalue weighted by Gasteiger charge is -2.25. The van der Waals surface area contributed by atoms with Gasteiger partial charge in [-0.15, -0.1) is 0 Å². The van der Waals surface area contributed by atoms with Gasteiger partial charge in [-0.25, -0.2) is 0 Å². The molecule has 0 aromatic heterocycles. The Balaban J connectivity index is 1.56. The summed E-state index contributed by atoms with van der Waals surface area (Å²) in [7, 11) is 4.04. The highest BCUT2D eigenvalue weighted by molar-refractivity contribution is 5.80. The zero-order valence-electron chi connectivity index (χ0n) is 15.9. The van der Waals surface area contributed by atoms with Gasteiger partial charge in [0.25, 0.3) is 0 Å². The van der Waals surface area contributed by atoms with Crippen LogP contribution in [0.3, 0.4) is 0 Å². The standard InChI is InChI=1S/C20H32N4O/c1-4-23(3)14-18-7-5-6-17(12-18)13-22-19(21-2)24-10-8-20(15-24)9-11-25-16-20/h5-7,12H,4,8-11,13-16H2,1-3H3,(H,21,22). The lowest BCUT2D eigenvalue weighted by molar-refractivity contribution is 0.156. The molecule has 0 saturated carbocycles. The Bertz CT molecular complexity index is 595. The van der Waals surface area contributed by atoms with E-state index in [0.717, 1.165) is 51.9 Å². The van der Waals surface area contributed by atoms with E-state index in [9.17, 15) is 0 Å². The van der Waals surface area contributed by atoms with Gasteiger partial charge in [-0.3, -0.25) is 4.99 Å². The quantitative estimate of drug-likeness (QED) is 0.657. The molecule has 0 radical (unpaired) electrons. The van der Waals surface area contributed by atoms with Gasteiger partial charge in [0.2, 0.25) is 0 Å². The first-order chi connectivity index (χ1) is 12.1. The summed E-state index contributed by atoms with van der Waals surface area (Å²) in [6.45, 7) is 9.03. The van der Waals surface area contributed by atoms with Crippen molar-refractivity contribution in [2.75, 3.05) is 46.9 Å². The van der Waals surface area contributed by atoms with Crippen molar-refractivity contribution >= 4 is 5.96 Å². The molecule has 1 spiro atoms. The zero-order chi connectivity index (χ0) is 17.7. The molecule has 1 aromatic rings. The number of rotatable bonds is 5. The summed E-state index contributed by atoms with van der Waals surface area (Å²) in [4.78, 5) is 9.22. The smallest absolute Gasteiger partial charge is 0.193 e. The summed E-state index contributed by atoms with van der Waals surface area (Å²) in [5.41, 5.74) is 3.03. The van der Waals surface area contributed by atoms with Crippen LogP contribution in [0.25, 0.3) is 0 Å². The highest BCUT2D eigenvalue weighted by Crippen LogP contribution is 2.38. The number of hydrogen-bond acceptors (Lipinski definition) is 3. The molecule has 2 heterocycles. The molecule has 2 fully saturated rings. The topological polar surface area (TPSA) is 40.1 Å². The number of benzene rings is 1. The van der Waals surface area contributed by atoms with Crippen molar-refractivity contribution in [1.29, 1.82) is 0 Å². The van der Waals surface area contributed by atoms with E-state index in [0.29, 0.717) is 5.41 Å². The predicted molar refractivity (Wildman–Crippen MR) is 103 cm³/mol. The molecule has 1 aromatic carbocycles. The summed E-state index contributed by atoms with van der Waals surface area (Å²) >= 11 is 0. The first kappa shape index (κ1) is 18.2. The predicted octanol–water partition coefficient (Wildman–Crippen LogP) is 2.33. The van der Waals surface area contributed by atoms with Crippen LogP contribution in [0.15, 0.2) is 29.3 Å². The van der Waals surface area contributed by atoms with E-state index < -0.39 is 0 Å². The van der Waals surface area contributed by atoms with Crippen LogP contribution in [0, 0.1) is 5.41 Å². The summed E-state index contributed by atoms with van der Waals surface area (Å²) < 4.78 is 5.64. The molecule has 1 N–H and O–H groups in total. The van der Waals surface area contributed by atoms with E-state index >= 15 is 0 Å². The second-order valence-corrected chi connectivity index (χ2v) is 7.53. The Kier molecular flexibility index (Phi) is 5.97. The highest BCUT2D eigenvalue weighted by atomic mass is 16.5. The molecule has 3 rings (SSSR count). The minimum Gasteiger partial charge on any atom is -0.381 e. The van der Waals surface area contributed by atoms with Crippen molar-refractivity contribution < 1.29 is 4.74 Å². The second-order valence-electron chi connectivity index (χ2n) is 7.53. The maximum atomic E-state index is 5.64. The number of likely N-dealkylation sites (tertiary alicyclic amines) is 1. The molecule has 1 unspecified atom stereocenters. The molecule has 1 atom stereocenters. The maximum Gasteiger partial charge on any atom is 0.193 e. The van der Waals surface area contributed by atoms with Gasteiger partial charge in [0.05, 0.1) is 6.61 Å². The van der Waals surface area contributed by atoms with Crippen LogP contribution in [-0.4, -0.2) is 62.7 Å². The summed E-state index contributed by atoms with van der Waals surface area (Å²) in [5, 5.41) is 3.55. The number of ether oxygens (including phenoxy) is 1. The largest absolute Gasteiger partial charge is 0.381 e. The van der Waals surface area contributed by atoms with Crippen LogP contribution in [0.1, 0.15) is 30.9 Å². The molecular formula is C20H32N4O. The van der Waals surface area contributed by atoms with Crippen molar-refractivity contribution in [1.82, 2.24) is 15.1 Å². The Morgan fingerprint density at radius 2 is 2.20 bits per heavy atom. The Hall–Kier alpha value is -1.59. The summed E-state index contributed by atoms with van der Waals surface area (Å²) in [6, 6.07) is 8.84. The Morgan fingerprint density at radius 1 is 1.36 bits per heavy atom. The SMILES string of the molecule is CCN(C)Cc1cccc(CNC(=NC)N2CCC3(CCOC3)C2)c1. The molecule has 138 valence electrons. The fraction of sp³-hybridized carbons (Fsp3) is 0.650. The monoisotopic (exact) mass is 344 g/mol. The van der Waals surface area contributed by atoms with Crippen molar-refractivity contribution in [3.8, 4) is 0 Å². The third kappa shape index (κ3) is 4.53. The van der Waals surface area contributed by atoms with E-state index in [4.69, 9.17) is 4.74 Å². The van der Waals surface area contributed by atoms with Gasteiger partial charge in [-0.2, -0.15) is 0 Å². The number of hydrogen-bond donors (Lipinski definition) is 1. The second kappa shape index (κ2) is 8.19. The lowest BCUT2D eigenvalue weighted by atomic mass is 9.87. The van der Waals surface area contributed by atoms with Gasteiger partial charge >= 0.3 is 0 Å². The van der Waals surface area contributed by atoms with E-state index in [2.05, 4.69) is 58.3 Å². The van der Waals surface area contributed by atoms with E-state index in [1.807, 2.05) is 7.05 Å². The molecule has 2 aliphatic rings. The molecule has 0 aliphatic carbocycles. The number of guanidine groups is 1. The van der Waals surface area contributed by atoms with Crippen LogP contribution in [0.5, 0.6) is 0 Å². The summed E-state index contributed by atoms with van der Waals surface area (Å²) in [5.74, 6) is 1.01. The number of aliphatic imine (C=N–C) groups is 1. The van der Waals surface area contributed by atoms with Crippen LogP contribution in [0.4, 0.5) is 0 Å². The van der Waals surface area contributed by atoms with Gasteiger partial charge in [-0.05, 0) is 37.6 Å². The minimum absolute atomic E-state index is 0.363. The molecular weight excluding hydrogens is 312 g/mol. The number of nitrogens with zero attached hydrogens (tertiary/aromatic N) is 3. The van der Waals surface area contributed by atoms with Crippen molar-refractivity contribution in [3.05, 3.63) is 35.4 Å². The highest BCUT2D eigenvalue weighted by Gasteiger charge is 2.42. The minimum atomic E-state index is 0.363. The molecule has 0 bridgehead atoms. The third-order valence-electron chi connectivity index (χ3n) is 5.57. The Morgan fingerprint density at radius 3 is 2.92 bits per heavy atom. The van der Waals surface area contributed by atoms with Gasteiger partial charge in [0.1, 0.15) is 0 Å². The fourth-order valence-electron chi connectivity index (χ4n) is 3.86. The van der Waals surface area contributed by atoms with E-state index in [1.54, 1.807) is 0 Å². The first-order valence-corrected chi connectivity index (χ1v) is 9.44. The van der Waals surface area contributed by atoms with Gasteiger partial charge in [-0.1, -0.05) is 31.2 Å². The van der Waals surface area contributed by atoms with E-state index in [1.165, 1.54) is 24.0 Å². The normalized spacial score (nSPS) is 23.8. The van der Waals surface area contributed by atoms with Crippen LogP contribution < -0.4 is 5.32 Å². The average molecular weight is 345 g/mol. The van der Waals surface area contributed by atoms with Crippen molar-refractivity contribution in [2.45, 2.75) is 32.9 Å². The lowest BCUT2D eigenvalue weighted by Crippen LogP contribution is -2.41. The van der Waals surface area contributed by atoms with Gasteiger partial charge in [0, 0.05) is 45.2 Å². The maximum absolute atomic E-state index is 5.64. The average Bonchev–Trinajstić information content (AvgIpc) is 3.26. The molecule has 5 nitrogen and oxygen atoms in total. The molecule has 2 aliphatic heterocycles. The zero-order valence-corrected chi connectivity index (χ0v) is 15.9. The van der Waals surface area contributed by atoms with Gasteiger partial charge in [0.15, 0.2) is 5.96 Å². The van der Waals surface area contributed by atoms with Crippen molar-refractivity contribution in [3.63, 3.8) is 0 Å². The first-order valence-electron chi connectivity index (χ1n) is 9.44. The third-order valence-corrected chi connectivity index (χ3v) is 5.57. The Labute approximate surface area is 152 Å². The number of nitrogens with one attached hydrogen (secondary N) is 1. The van der Waals surface area contributed by atoms with Gasteiger partial charge < -0.3 is 19.9 Å². The van der Waals surface area contributed by atoms with Crippen LogP contribution in [-0.2, 0) is 17.8 Å². The van der Waals surface area contributed by atoms with Crippen molar-refractivity contribution in [2.24, 2.45) is 10.4 Å². The summed E-state index contributed by atoms with van der Waals surface area (Å²) in [6.07, 6.45) is 2.40. The fourth-order valence-corrected chi connectivity index (χ4v) is 3.86. The van der Waals surface area contributed by atoms with E-state index in [-0.39, 0.29) is 0 Å². The molecule has 2 saturated heterocycles. The van der Waals surface area contributed by atoms with Crippen LogP contribution >= 0.6 is 0 Å². The molecule has 5 heteroatoms. The molecule has 0 amide bonds.